The molecule has 0 aliphatic heterocycles. The van der Waals surface area contributed by atoms with E-state index in [4.69, 9.17) is 5.11 Å². The summed E-state index contributed by atoms with van der Waals surface area (Å²) in [6.45, 7) is 1.56. The number of carboxylic acid groups (broad SMARTS) is 1. The van der Waals surface area contributed by atoms with Crippen LogP contribution in [0.3, 0.4) is 0 Å². The third kappa shape index (κ3) is 4.11. The highest BCUT2D eigenvalue weighted by Crippen LogP contribution is 2.15. The summed E-state index contributed by atoms with van der Waals surface area (Å²) in [5.41, 5.74) is 0. The predicted molar refractivity (Wildman–Crippen MR) is 67.9 cm³/mol. The molecule has 1 amide bonds. The van der Waals surface area contributed by atoms with Gasteiger partial charge in [0.1, 0.15) is 4.88 Å². The second-order valence-corrected chi connectivity index (χ2v) is 7.02. The Balaban J connectivity index is 2.53. The molecule has 0 aromatic carbocycles. The molecule has 8 heteroatoms. The van der Waals surface area contributed by atoms with Crippen molar-refractivity contribution in [3.05, 3.63) is 21.9 Å². The third-order valence-corrected chi connectivity index (χ3v) is 4.96. The van der Waals surface area contributed by atoms with Crippen molar-refractivity contribution in [1.82, 2.24) is 5.32 Å². The van der Waals surface area contributed by atoms with Gasteiger partial charge in [0, 0.05) is 12.3 Å². The number of nitrogens with one attached hydrogen (secondary N) is 1. The lowest BCUT2D eigenvalue weighted by molar-refractivity contribution is 0.0702. The van der Waals surface area contributed by atoms with Crippen LogP contribution < -0.4 is 5.32 Å². The molecule has 0 unspecified atom stereocenters. The summed E-state index contributed by atoms with van der Waals surface area (Å²) < 4.78 is 22.4. The Labute approximate surface area is 109 Å². The van der Waals surface area contributed by atoms with Crippen molar-refractivity contribution in [2.75, 3.05) is 18.1 Å². The molecule has 2 N–H and O–H groups in total. The predicted octanol–water partition coefficient (Wildman–Crippen LogP) is 0.611. The molecule has 0 aliphatic rings. The second-order valence-electron chi connectivity index (χ2n) is 3.46. The monoisotopic (exact) mass is 291 g/mol. The number of thiophene rings is 1. The van der Waals surface area contributed by atoms with E-state index >= 15 is 0 Å². The van der Waals surface area contributed by atoms with Crippen LogP contribution in [0.25, 0.3) is 0 Å². The highest BCUT2D eigenvalue weighted by atomic mass is 32.2. The zero-order valence-corrected chi connectivity index (χ0v) is 11.3. The molecular weight excluding hydrogens is 278 g/mol. The van der Waals surface area contributed by atoms with Crippen molar-refractivity contribution < 1.29 is 23.1 Å². The minimum Gasteiger partial charge on any atom is -0.477 e. The van der Waals surface area contributed by atoms with Crippen LogP contribution in [-0.2, 0) is 9.84 Å². The second kappa shape index (κ2) is 5.96. The number of hydrogen-bond acceptors (Lipinski definition) is 5. The van der Waals surface area contributed by atoms with Gasteiger partial charge in [0.05, 0.1) is 10.6 Å². The first-order valence-electron chi connectivity index (χ1n) is 5.17. The number of carbonyl (C=O) groups is 2. The van der Waals surface area contributed by atoms with Crippen LogP contribution in [-0.4, -0.2) is 43.5 Å². The Morgan fingerprint density at radius 1 is 1.33 bits per heavy atom. The van der Waals surface area contributed by atoms with Crippen LogP contribution >= 0.6 is 11.3 Å². The maximum Gasteiger partial charge on any atom is 0.345 e. The number of hydrogen-bond donors (Lipinski definition) is 2. The number of amides is 1. The number of sulfone groups is 1. The summed E-state index contributed by atoms with van der Waals surface area (Å²) in [7, 11) is -3.11. The Bertz CT molecular complexity index is 546. The van der Waals surface area contributed by atoms with E-state index in [9.17, 15) is 18.0 Å². The van der Waals surface area contributed by atoms with Crippen LogP contribution in [0.1, 0.15) is 26.3 Å². The highest BCUT2D eigenvalue weighted by molar-refractivity contribution is 7.91. The van der Waals surface area contributed by atoms with Crippen molar-refractivity contribution >= 4 is 33.1 Å². The van der Waals surface area contributed by atoms with Gasteiger partial charge in [-0.25, -0.2) is 13.2 Å². The van der Waals surface area contributed by atoms with Crippen LogP contribution in [0.2, 0.25) is 0 Å². The van der Waals surface area contributed by atoms with Crippen molar-refractivity contribution in [2.45, 2.75) is 6.92 Å². The van der Waals surface area contributed by atoms with E-state index in [1.807, 2.05) is 0 Å². The summed E-state index contributed by atoms with van der Waals surface area (Å²) in [6.07, 6.45) is 0. The minimum atomic E-state index is -3.11. The zero-order chi connectivity index (χ0) is 13.8. The van der Waals surface area contributed by atoms with E-state index < -0.39 is 21.7 Å². The number of rotatable bonds is 6. The molecule has 0 fully saturated rings. The average Bonchev–Trinajstić information content (AvgIpc) is 2.78. The average molecular weight is 291 g/mol. The molecule has 6 nitrogen and oxygen atoms in total. The lowest BCUT2D eigenvalue weighted by Crippen LogP contribution is -2.29. The van der Waals surface area contributed by atoms with Gasteiger partial charge in [0.2, 0.25) is 0 Å². The molecule has 0 aliphatic carbocycles. The Morgan fingerprint density at radius 3 is 2.44 bits per heavy atom. The highest BCUT2D eigenvalue weighted by Gasteiger charge is 2.13. The van der Waals surface area contributed by atoms with E-state index in [2.05, 4.69) is 5.32 Å². The fourth-order valence-corrected chi connectivity index (χ4v) is 2.59. The molecule has 1 heterocycles. The molecule has 0 spiro atoms. The summed E-state index contributed by atoms with van der Waals surface area (Å²) in [4.78, 5) is 22.5. The van der Waals surface area contributed by atoms with Gasteiger partial charge in [-0.3, -0.25) is 4.79 Å². The molecule has 0 atom stereocenters. The van der Waals surface area contributed by atoms with Crippen LogP contribution in [0.4, 0.5) is 0 Å². The quantitative estimate of drug-likeness (QED) is 0.800. The van der Waals surface area contributed by atoms with E-state index in [0.29, 0.717) is 0 Å². The topological polar surface area (TPSA) is 101 Å². The first-order chi connectivity index (χ1) is 8.35. The lowest BCUT2D eigenvalue weighted by Gasteiger charge is -2.03. The van der Waals surface area contributed by atoms with Gasteiger partial charge >= 0.3 is 5.97 Å². The summed E-state index contributed by atoms with van der Waals surface area (Å²) in [5.74, 6) is -1.64. The van der Waals surface area contributed by atoms with Gasteiger partial charge < -0.3 is 10.4 Å². The van der Waals surface area contributed by atoms with Gasteiger partial charge in [-0.05, 0) is 12.1 Å². The SMILES string of the molecule is CCS(=O)(=O)CCNC(=O)c1ccc(C(=O)O)s1. The number of aromatic carboxylic acids is 1. The molecule has 1 rings (SSSR count). The summed E-state index contributed by atoms with van der Waals surface area (Å²) in [6, 6.07) is 2.74. The van der Waals surface area contributed by atoms with Crippen LogP contribution in [0.15, 0.2) is 12.1 Å². The Hall–Kier alpha value is -1.41. The van der Waals surface area contributed by atoms with E-state index in [1.165, 1.54) is 19.1 Å². The van der Waals surface area contributed by atoms with E-state index in [1.54, 1.807) is 0 Å². The van der Waals surface area contributed by atoms with Gasteiger partial charge in [-0.2, -0.15) is 0 Å². The normalized spacial score (nSPS) is 11.2. The van der Waals surface area contributed by atoms with E-state index in [-0.39, 0.29) is 27.8 Å². The summed E-state index contributed by atoms with van der Waals surface area (Å²) >= 11 is 0.852. The largest absolute Gasteiger partial charge is 0.477 e. The van der Waals surface area contributed by atoms with Gasteiger partial charge in [-0.1, -0.05) is 6.92 Å². The molecule has 0 saturated carbocycles. The van der Waals surface area contributed by atoms with Gasteiger partial charge in [0.25, 0.3) is 5.91 Å². The fourth-order valence-electron chi connectivity index (χ4n) is 1.13. The first kappa shape index (κ1) is 14.7. The number of carbonyl (C=O) groups excluding carboxylic acids is 1. The molecular formula is C10H13NO5S2. The minimum absolute atomic E-state index is 0.0231. The maximum atomic E-state index is 11.6. The Kier molecular flexibility index (Phi) is 4.85. The van der Waals surface area contributed by atoms with Crippen LogP contribution in [0, 0.1) is 0 Å². The van der Waals surface area contributed by atoms with Crippen LogP contribution in [0.5, 0.6) is 0 Å². The fraction of sp³-hybridized carbons (Fsp3) is 0.400. The smallest absolute Gasteiger partial charge is 0.345 e. The number of carboxylic acids is 1. The molecule has 1 aromatic rings. The molecule has 18 heavy (non-hydrogen) atoms. The van der Waals surface area contributed by atoms with Gasteiger partial charge in [-0.15, -0.1) is 11.3 Å². The van der Waals surface area contributed by atoms with E-state index in [0.717, 1.165) is 11.3 Å². The zero-order valence-electron chi connectivity index (χ0n) is 9.67. The van der Waals surface area contributed by atoms with Gasteiger partial charge in [0.15, 0.2) is 9.84 Å². The molecule has 0 saturated heterocycles. The van der Waals surface area contributed by atoms with Crippen molar-refractivity contribution in [3.63, 3.8) is 0 Å². The molecule has 1 aromatic heterocycles. The maximum absolute atomic E-state index is 11.6. The lowest BCUT2D eigenvalue weighted by atomic mass is 10.4. The third-order valence-electron chi connectivity index (χ3n) is 2.18. The van der Waals surface area contributed by atoms with Crippen molar-refractivity contribution in [1.29, 1.82) is 0 Å². The van der Waals surface area contributed by atoms with Crippen molar-refractivity contribution in [3.8, 4) is 0 Å². The standard InChI is InChI=1S/C10H13NO5S2/c1-2-18(15,16)6-5-11-9(12)7-3-4-8(17-7)10(13)14/h3-4H,2,5-6H2,1H3,(H,11,12)(H,13,14). The molecule has 0 radical (unpaired) electrons. The Morgan fingerprint density at radius 2 is 1.94 bits per heavy atom. The molecule has 100 valence electrons. The molecule has 0 bridgehead atoms. The van der Waals surface area contributed by atoms with Crippen molar-refractivity contribution in [2.24, 2.45) is 0 Å². The summed E-state index contributed by atoms with van der Waals surface area (Å²) in [5, 5.41) is 11.1. The first-order valence-corrected chi connectivity index (χ1v) is 7.81.